The summed E-state index contributed by atoms with van der Waals surface area (Å²) in [7, 11) is 0. The van der Waals surface area contributed by atoms with Gasteiger partial charge in [-0.25, -0.2) is 4.98 Å². The Morgan fingerprint density at radius 2 is 2.31 bits per heavy atom. The lowest BCUT2D eigenvalue weighted by Gasteiger charge is -2.06. The number of hydrogen-bond donors (Lipinski definition) is 1. The molecular formula is C12H19N3O. The summed E-state index contributed by atoms with van der Waals surface area (Å²) in [4.78, 5) is 8.53. The van der Waals surface area contributed by atoms with E-state index < -0.39 is 0 Å². The summed E-state index contributed by atoms with van der Waals surface area (Å²) in [5, 5.41) is 3.30. The van der Waals surface area contributed by atoms with E-state index in [4.69, 9.17) is 4.74 Å². The van der Waals surface area contributed by atoms with Gasteiger partial charge in [0.15, 0.2) is 0 Å². The summed E-state index contributed by atoms with van der Waals surface area (Å²) in [6, 6.07) is 0. The Hall–Kier alpha value is -1.16. The average molecular weight is 221 g/mol. The highest BCUT2D eigenvalue weighted by Crippen LogP contribution is 2.29. The van der Waals surface area contributed by atoms with Crippen LogP contribution in [-0.2, 0) is 6.54 Å². The molecule has 0 saturated heterocycles. The van der Waals surface area contributed by atoms with Gasteiger partial charge in [-0.1, -0.05) is 6.92 Å². The fourth-order valence-electron chi connectivity index (χ4n) is 1.42. The Bertz CT molecular complexity index is 326. The Balaban J connectivity index is 1.80. The summed E-state index contributed by atoms with van der Waals surface area (Å²) in [5.41, 5.74) is 0.946. The SMILES string of the molecule is CCCNCc1cncc(OCC2CC2)n1. The van der Waals surface area contributed by atoms with Crippen molar-refractivity contribution in [2.24, 2.45) is 5.92 Å². The minimum absolute atomic E-state index is 0.655. The average Bonchev–Trinajstić information content (AvgIpc) is 3.11. The Morgan fingerprint density at radius 3 is 3.06 bits per heavy atom. The van der Waals surface area contributed by atoms with Crippen LogP contribution in [0.5, 0.6) is 5.88 Å². The van der Waals surface area contributed by atoms with Crippen LogP contribution in [0.3, 0.4) is 0 Å². The van der Waals surface area contributed by atoms with Crippen LogP contribution in [-0.4, -0.2) is 23.1 Å². The molecule has 2 rings (SSSR count). The number of nitrogens with zero attached hydrogens (tertiary/aromatic N) is 2. The number of nitrogens with one attached hydrogen (secondary N) is 1. The zero-order valence-electron chi connectivity index (χ0n) is 9.78. The first-order valence-corrected chi connectivity index (χ1v) is 6.03. The Kier molecular flexibility index (Phi) is 4.10. The molecule has 4 nitrogen and oxygen atoms in total. The molecule has 1 aromatic heterocycles. The van der Waals surface area contributed by atoms with Crippen molar-refractivity contribution < 1.29 is 4.74 Å². The lowest BCUT2D eigenvalue weighted by molar-refractivity contribution is 0.286. The molecule has 1 aliphatic rings. The van der Waals surface area contributed by atoms with E-state index in [1.807, 2.05) is 0 Å². The fraction of sp³-hybridized carbons (Fsp3) is 0.667. The molecule has 1 aromatic rings. The van der Waals surface area contributed by atoms with E-state index in [1.165, 1.54) is 12.8 Å². The molecule has 0 atom stereocenters. The molecule has 16 heavy (non-hydrogen) atoms. The summed E-state index contributed by atoms with van der Waals surface area (Å²) in [6.45, 7) is 4.71. The monoisotopic (exact) mass is 221 g/mol. The first kappa shape index (κ1) is 11.3. The molecule has 0 spiro atoms. The van der Waals surface area contributed by atoms with Crippen LogP contribution in [0.4, 0.5) is 0 Å². The van der Waals surface area contributed by atoms with Crippen LogP contribution in [0.15, 0.2) is 12.4 Å². The quantitative estimate of drug-likeness (QED) is 0.713. The van der Waals surface area contributed by atoms with Gasteiger partial charge in [-0.3, -0.25) is 4.98 Å². The van der Waals surface area contributed by atoms with Gasteiger partial charge in [0.25, 0.3) is 0 Å². The van der Waals surface area contributed by atoms with Gasteiger partial charge in [0.05, 0.1) is 18.5 Å². The van der Waals surface area contributed by atoms with Gasteiger partial charge in [0.2, 0.25) is 5.88 Å². The van der Waals surface area contributed by atoms with E-state index in [2.05, 4.69) is 22.2 Å². The highest BCUT2D eigenvalue weighted by molar-refractivity contribution is 5.08. The van der Waals surface area contributed by atoms with Crippen molar-refractivity contribution >= 4 is 0 Å². The first-order chi connectivity index (χ1) is 7.88. The minimum Gasteiger partial charge on any atom is -0.476 e. The van der Waals surface area contributed by atoms with Crippen LogP contribution >= 0.6 is 0 Å². The summed E-state index contributed by atoms with van der Waals surface area (Å²) in [6.07, 6.45) is 7.19. The topological polar surface area (TPSA) is 47.0 Å². The lowest BCUT2D eigenvalue weighted by atomic mass is 10.4. The molecular weight excluding hydrogens is 202 g/mol. The second-order valence-electron chi connectivity index (χ2n) is 4.28. The van der Waals surface area contributed by atoms with Gasteiger partial charge in [-0.2, -0.15) is 0 Å². The summed E-state index contributed by atoms with van der Waals surface area (Å²) < 4.78 is 5.58. The van der Waals surface area contributed by atoms with Gasteiger partial charge in [0, 0.05) is 12.7 Å². The molecule has 0 amide bonds. The van der Waals surface area contributed by atoms with Gasteiger partial charge in [0.1, 0.15) is 0 Å². The molecule has 1 saturated carbocycles. The first-order valence-electron chi connectivity index (χ1n) is 6.03. The molecule has 0 bridgehead atoms. The van der Waals surface area contributed by atoms with E-state index in [9.17, 15) is 0 Å². The molecule has 88 valence electrons. The number of hydrogen-bond acceptors (Lipinski definition) is 4. The second kappa shape index (κ2) is 5.80. The van der Waals surface area contributed by atoms with Crippen LogP contribution in [0.25, 0.3) is 0 Å². The predicted molar refractivity (Wildman–Crippen MR) is 62.2 cm³/mol. The lowest BCUT2D eigenvalue weighted by Crippen LogP contribution is -2.15. The number of aromatic nitrogens is 2. The zero-order valence-corrected chi connectivity index (χ0v) is 9.78. The highest BCUT2D eigenvalue weighted by Gasteiger charge is 2.22. The van der Waals surface area contributed by atoms with Crippen LogP contribution in [0, 0.1) is 5.92 Å². The van der Waals surface area contributed by atoms with Crippen LogP contribution < -0.4 is 10.1 Å². The maximum atomic E-state index is 5.58. The van der Waals surface area contributed by atoms with Gasteiger partial charge in [-0.15, -0.1) is 0 Å². The van der Waals surface area contributed by atoms with E-state index in [0.29, 0.717) is 5.88 Å². The third kappa shape index (κ3) is 3.77. The van der Waals surface area contributed by atoms with Gasteiger partial charge < -0.3 is 10.1 Å². The van der Waals surface area contributed by atoms with Gasteiger partial charge >= 0.3 is 0 Å². The standard InChI is InChI=1S/C12H19N3O/c1-2-5-13-6-11-7-14-8-12(15-11)16-9-10-3-4-10/h7-8,10,13H,2-6,9H2,1H3. The van der Waals surface area contributed by atoms with E-state index in [-0.39, 0.29) is 0 Å². The van der Waals surface area contributed by atoms with E-state index >= 15 is 0 Å². The van der Waals surface area contributed by atoms with Crippen molar-refractivity contribution in [2.75, 3.05) is 13.2 Å². The Morgan fingerprint density at radius 1 is 1.44 bits per heavy atom. The predicted octanol–water partition coefficient (Wildman–Crippen LogP) is 1.76. The molecule has 0 aliphatic heterocycles. The highest BCUT2D eigenvalue weighted by atomic mass is 16.5. The van der Waals surface area contributed by atoms with Crippen LogP contribution in [0.1, 0.15) is 31.9 Å². The zero-order chi connectivity index (χ0) is 11.2. The molecule has 0 aromatic carbocycles. The van der Waals surface area contributed by atoms with Crippen molar-refractivity contribution in [1.82, 2.24) is 15.3 Å². The number of ether oxygens (including phenoxy) is 1. The van der Waals surface area contributed by atoms with Crippen molar-refractivity contribution in [2.45, 2.75) is 32.7 Å². The largest absolute Gasteiger partial charge is 0.476 e. The molecule has 1 heterocycles. The van der Waals surface area contributed by atoms with Crippen molar-refractivity contribution in [3.63, 3.8) is 0 Å². The third-order valence-electron chi connectivity index (χ3n) is 2.56. The normalized spacial score (nSPS) is 15.1. The molecule has 4 heteroatoms. The van der Waals surface area contributed by atoms with Crippen LogP contribution in [0.2, 0.25) is 0 Å². The molecule has 0 unspecified atom stereocenters. The van der Waals surface area contributed by atoms with E-state index in [0.717, 1.165) is 37.7 Å². The van der Waals surface area contributed by atoms with E-state index in [1.54, 1.807) is 12.4 Å². The van der Waals surface area contributed by atoms with Crippen molar-refractivity contribution in [3.05, 3.63) is 18.1 Å². The molecule has 1 aliphatic carbocycles. The maximum absolute atomic E-state index is 5.58. The summed E-state index contributed by atoms with van der Waals surface area (Å²) in [5.74, 6) is 1.41. The maximum Gasteiger partial charge on any atom is 0.232 e. The fourth-order valence-corrected chi connectivity index (χ4v) is 1.42. The number of rotatable bonds is 7. The third-order valence-corrected chi connectivity index (χ3v) is 2.56. The van der Waals surface area contributed by atoms with Gasteiger partial charge in [-0.05, 0) is 31.7 Å². The van der Waals surface area contributed by atoms with Crippen molar-refractivity contribution in [1.29, 1.82) is 0 Å². The molecule has 1 fully saturated rings. The smallest absolute Gasteiger partial charge is 0.232 e. The summed E-state index contributed by atoms with van der Waals surface area (Å²) >= 11 is 0. The second-order valence-corrected chi connectivity index (χ2v) is 4.28. The van der Waals surface area contributed by atoms with Crippen molar-refractivity contribution in [3.8, 4) is 5.88 Å². The molecule has 0 radical (unpaired) electrons. The molecule has 1 N–H and O–H groups in total. The Labute approximate surface area is 96.4 Å². The minimum atomic E-state index is 0.655.